The van der Waals surface area contributed by atoms with Gasteiger partial charge in [0.1, 0.15) is 17.2 Å². The number of aliphatic imine (C=N–C) groups is 1. The molecular weight excluding hydrogens is 492 g/mol. The molecule has 0 heterocycles. The maximum absolute atomic E-state index is 13.9. The third kappa shape index (κ3) is 10.4. The molecule has 0 aliphatic heterocycles. The van der Waals surface area contributed by atoms with Crippen LogP contribution in [0.3, 0.4) is 0 Å². The zero-order valence-electron chi connectivity index (χ0n) is 16.1. The molecule has 0 saturated heterocycles. The average molecular weight is 518 g/mol. The lowest BCUT2D eigenvalue weighted by molar-refractivity contribution is -0.0506. The molecule has 0 fully saturated rings. The first-order valence-electron chi connectivity index (χ1n) is 8.26. The summed E-state index contributed by atoms with van der Waals surface area (Å²) in [5.74, 6) is -0.630. The Balaban J connectivity index is 0.00000729. The lowest BCUT2D eigenvalue weighted by Gasteiger charge is -2.20. The molecule has 0 aliphatic carbocycles. The first-order chi connectivity index (χ1) is 12.6. The summed E-state index contributed by atoms with van der Waals surface area (Å²) < 4.78 is 48.2. The molecule has 160 valence electrons. The van der Waals surface area contributed by atoms with Crippen LogP contribution in [0, 0.1) is 5.82 Å². The van der Waals surface area contributed by atoms with Gasteiger partial charge in [0.05, 0.1) is 0 Å². The second-order valence-corrected chi connectivity index (χ2v) is 6.38. The number of guanidine groups is 1. The molecule has 28 heavy (non-hydrogen) atoms. The van der Waals surface area contributed by atoms with Crippen molar-refractivity contribution in [2.45, 2.75) is 39.5 Å². The Morgan fingerprint density at radius 3 is 2.39 bits per heavy atom. The lowest BCUT2D eigenvalue weighted by atomic mass is 10.2. The Bertz CT molecular complexity index is 655. The molecule has 0 saturated carbocycles. The molecule has 1 rings (SSSR count). The van der Waals surface area contributed by atoms with Gasteiger partial charge in [-0.2, -0.15) is 8.78 Å². The van der Waals surface area contributed by atoms with E-state index < -0.39 is 24.1 Å². The third-order valence-corrected chi connectivity index (χ3v) is 3.03. The fourth-order valence-corrected chi connectivity index (χ4v) is 1.97. The van der Waals surface area contributed by atoms with Gasteiger partial charge in [-0.15, -0.1) is 24.0 Å². The van der Waals surface area contributed by atoms with Crippen LogP contribution in [0.15, 0.2) is 23.2 Å². The van der Waals surface area contributed by atoms with E-state index in [1.54, 1.807) is 20.8 Å². The number of carbonyl (C=O) groups excluding carboxylic acids is 1. The van der Waals surface area contributed by atoms with Gasteiger partial charge in [0.15, 0.2) is 5.96 Å². The van der Waals surface area contributed by atoms with E-state index in [4.69, 9.17) is 4.74 Å². The number of hydrogen-bond donors (Lipinski definition) is 3. The minimum Gasteiger partial charge on any atom is -0.444 e. The number of alkyl carbamates (subject to hydrolysis) is 1. The molecule has 7 nitrogen and oxygen atoms in total. The Morgan fingerprint density at radius 1 is 1.18 bits per heavy atom. The van der Waals surface area contributed by atoms with Crippen LogP contribution >= 0.6 is 24.0 Å². The summed E-state index contributed by atoms with van der Waals surface area (Å²) in [4.78, 5) is 15.5. The molecule has 0 aliphatic rings. The predicted molar refractivity (Wildman–Crippen MR) is 111 cm³/mol. The number of alkyl halides is 2. The summed E-state index contributed by atoms with van der Waals surface area (Å²) in [6.45, 7) is 2.67. The summed E-state index contributed by atoms with van der Waals surface area (Å²) in [6, 6.07) is 3.69. The van der Waals surface area contributed by atoms with Crippen LogP contribution in [0.1, 0.15) is 26.3 Å². The van der Waals surface area contributed by atoms with Gasteiger partial charge in [0, 0.05) is 32.2 Å². The van der Waals surface area contributed by atoms with Gasteiger partial charge in [0.25, 0.3) is 0 Å². The molecule has 0 bridgehead atoms. The number of amides is 1. The van der Waals surface area contributed by atoms with E-state index in [1.807, 2.05) is 0 Å². The minimum atomic E-state index is -3.05. The van der Waals surface area contributed by atoms with Gasteiger partial charge < -0.3 is 25.4 Å². The standard InChI is InChI=1S/C17H25F3N4O3.HI/c1-17(2,3)27-16(25)23-9-8-22-15(21-4)24-10-11-12(18)6-5-7-13(11)26-14(19)20;/h5-7,14H,8-10H2,1-4H3,(H,23,25)(H2,21,22,24);1H. The average Bonchev–Trinajstić information content (AvgIpc) is 2.54. The van der Waals surface area contributed by atoms with E-state index in [-0.39, 0.29) is 48.4 Å². The molecule has 0 unspecified atom stereocenters. The fraction of sp³-hybridized carbons (Fsp3) is 0.529. The zero-order chi connectivity index (χ0) is 20.4. The van der Waals surface area contributed by atoms with E-state index in [9.17, 15) is 18.0 Å². The van der Waals surface area contributed by atoms with Crippen LogP contribution in [0.2, 0.25) is 0 Å². The van der Waals surface area contributed by atoms with Crippen molar-refractivity contribution in [1.29, 1.82) is 0 Å². The van der Waals surface area contributed by atoms with Crippen LogP contribution in [0.25, 0.3) is 0 Å². The molecule has 0 atom stereocenters. The second-order valence-electron chi connectivity index (χ2n) is 6.38. The van der Waals surface area contributed by atoms with Crippen molar-refractivity contribution in [3.8, 4) is 5.75 Å². The van der Waals surface area contributed by atoms with Crippen molar-refractivity contribution in [2.75, 3.05) is 20.1 Å². The smallest absolute Gasteiger partial charge is 0.407 e. The zero-order valence-corrected chi connectivity index (χ0v) is 18.5. The Kier molecular flexibility index (Phi) is 11.7. The molecule has 0 spiro atoms. The number of nitrogens with zero attached hydrogens (tertiary/aromatic N) is 1. The summed E-state index contributed by atoms with van der Waals surface area (Å²) in [6.07, 6.45) is -0.549. The van der Waals surface area contributed by atoms with Crippen LogP contribution < -0.4 is 20.7 Å². The molecule has 0 radical (unpaired) electrons. The molecule has 11 heteroatoms. The topological polar surface area (TPSA) is 84.0 Å². The lowest BCUT2D eigenvalue weighted by Crippen LogP contribution is -2.42. The predicted octanol–water partition coefficient (Wildman–Crippen LogP) is 3.23. The third-order valence-electron chi connectivity index (χ3n) is 3.03. The van der Waals surface area contributed by atoms with Gasteiger partial charge in [-0.1, -0.05) is 6.07 Å². The van der Waals surface area contributed by atoms with Gasteiger partial charge in [-0.3, -0.25) is 4.99 Å². The van der Waals surface area contributed by atoms with Gasteiger partial charge in [-0.05, 0) is 32.9 Å². The number of hydrogen-bond acceptors (Lipinski definition) is 4. The van der Waals surface area contributed by atoms with E-state index >= 15 is 0 Å². The number of benzene rings is 1. The number of ether oxygens (including phenoxy) is 2. The quantitative estimate of drug-likeness (QED) is 0.224. The molecular formula is C17H26F3IN4O3. The van der Waals surface area contributed by atoms with Crippen LogP contribution in [0.5, 0.6) is 5.75 Å². The van der Waals surface area contributed by atoms with E-state index in [0.29, 0.717) is 12.5 Å². The summed E-state index contributed by atoms with van der Waals surface area (Å²) >= 11 is 0. The van der Waals surface area contributed by atoms with Crippen molar-refractivity contribution in [3.63, 3.8) is 0 Å². The Morgan fingerprint density at radius 2 is 1.82 bits per heavy atom. The number of rotatable bonds is 7. The first kappa shape index (κ1) is 26.1. The highest BCUT2D eigenvalue weighted by atomic mass is 127. The van der Waals surface area contributed by atoms with Crippen LogP contribution in [-0.2, 0) is 11.3 Å². The highest BCUT2D eigenvalue weighted by Crippen LogP contribution is 2.23. The van der Waals surface area contributed by atoms with Gasteiger partial charge in [-0.25, -0.2) is 9.18 Å². The highest BCUT2D eigenvalue weighted by molar-refractivity contribution is 14.0. The summed E-state index contributed by atoms with van der Waals surface area (Å²) in [5.41, 5.74) is -0.639. The fourth-order valence-electron chi connectivity index (χ4n) is 1.97. The summed E-state index contributed by atoms with van der Waals surface area (Å²) in [7, 11) is 1.49. The van der Waals surface area contributed by atoms with Gasteiger partial charge >= 0.3 is 12.7 Å². The first-order valence-corrected chi connectivity index (χ1v) is 8.26. The Hall–Kier alpha value is -1.92. The van der Waals surface area contributed by atoms with E-state index in [0.717, 1.165) is 6.07 Å². The van der Waals surface area contributed by atoms with Crippen LogP contribution in [-0.4, -0.2) is 44.4 Å². The maximum atomic E-state index is 13.9. The van der Waals surface area contributed by atoms with Crippen LogP contribution in [0.4, 0.5) is 18.0 Å². The Labute approximate surface area is 179 Å². The van der Waals surface area contributed by atoms with Gasteiger partial charge in [0.2, 0.25) is 0 Å². The van der Waals surface area contributed by atoms with Crippen molar-refractivity contribution in [3.05, 3.63) is 29.6 Å². The molecule has 0 aromatic heterocycles. The summed E-state index contributed by atoms with van der Waals surface area (Å²) in [5, 5.41) is 8.25. The van der Waals surface area contributed by atoms with Crippen molar-refractivity contribution in [1.82, 2.24) is 16.0 Å². The van der Waals surface area contributed by atoms with E-state index in [2.05, 4.69) is 25.7 Å². The number of nitrogens with one attached hydrogen (secondary N) is 3. The number of carbonyl (C=O) groups is 1. The van der Waals surface area contributed by atoms with Crippen molar-refractivity contribution < 1.29 is 27.4 Å². The highest BCUT2D eigenvalue weighted by Gasteiger charge is 2.16. The molecule has 1 amide bonds. The van der Waals surface area contributed by atoms with E-state index in [1.165, 1.54) is 19.2 Å². The maximum Gasteiger partial charge on any atom is 0.407 e. The normalized spacial score (nSPS) is 11.5. The molecule has 1 aromatic carbocycles. The number of halogens is 4. The SMILES string of the molecule is CN=C(NCCNC(=O)OC(C)(C)C)NCc1c(F)cccc1OC(F)F.I. The molecule has 1 aromatic rings. The van der Waals surface area contributed by atoms with Crippen molar-refractivity contribution in [2.24, 2.45) is 4.99 Å². The van der Waals surface area contributed by atoms with Crippen molar-refractivity contribution >= 4 is 36.0 Å². The molecule has 3 N–H and O–H groups in total. The monoisotopic (exact) mass is 518 g/mol. The minimum absolute atomic E-state index is 0. The largest absolute Gasteiger partial charge is 0.444 e. The second kappa shape index (κ2) is 12.5.